The van der Waals surface area contributed by atoms with Gasteiger partial charge in [-0.25, -0.2) is 4.39 Å². The molecule has 0 bridgehead atoms. The second kappa shape index (κ2) is 6.96. The van der Waals surface area contributed by atoms with E-state index in [-0.39, 0.29) is 11.5 Å². The highest BCUT2D eigenvalue weighted by atomic mass is 32.1. The third kappa shape index (κ3) is 3.44. The first-order chi connectivity index (χ1) is 11.9. The van der Waals surface area contributed by atoms with Crippen molar-refractivity contribution < 1.29 is 14.0 Å². The van der Waals surface area contributed by atoms with Gasteiger partial charge in [-0.15, -0.1) is 11.3 Å². The fourth-order valence-electron chi connectivity index (χ4n) is 3.10. The Hall–Kier alpha value is -2.21. The minimum absolute atomic E-state index is 0.0227. The Morgan fingerprint density at radius 1 is 1.28 bits per heavy atom. The van der Waals surface area contributed by atoms with Crippen LogP contribution in [0.2, 0.25) is 0 Å². The van der Waals surface area contributed by atoms with Gasteiger partial charge in [0.2, 0.25) is 0 Å². The number of anilines is 1. The molecule has 1 heterocycles. The SMILES string of the molecule is C[C@@H]1CCc2c(sc(NC(=O)c3ccccc3F)c2C(=O)N(C)C)C1. The van der Waals surface area contributed by atoms with Gasteiger partial charge >= 0.3 is 0 Å². The Labute approximate surface area is 150 Å². The van der Waals surface area contributed by atoms with Gasteiger partial charge in [0.05, 0.1) is 11.1 Å². The summed E-state index contributed by atoms with van der Waals surface area (Å²) in [5, 5.41) is 3.29. The fraction of sp³-hybridized carbons (Fsp3) is 0.368. The standard InChI is InChI=1S/C19H21FN2O2S/c1-11-8-9-13-15(10-11)25-18(16(13)19(24)22(2)3)21-17(23)12-6-4-5-7-14(12)20/h4-7,11H,8-10H2,1-3H3,(H,21,23)/t11-/m1/s1. The Balaban J connectivity index is 1.99. The first-order valence-corrected chi connectivity index (χ1v) is 9.12. The van der Waals surface area contributed by atoms with Gasteiger partial charge in [-0.1, -0.05) is 19.1 Å². The highest BCUT2D eigenvalue weighted by Crippen LogP contribution is 2.40. The minimum Gasteiger partial charge on any atom is -0.345 e. The molecule has 0 radical (unpaired) electrons. The summed E-state index contributed by atoms with van der Waals surface area (Å²) >= 11 is 1.44. The number of benzene rings is 1. The highest BCUT2D eigenvalue weighted by Gasteiger charge is 2.29. The maximum absolute atomic E-state index is 13.9. The van der Waals surface area contributed by atoms with Gasteiger partial charge in [0.25, 0.3) is 11.8 Å². The summed E-state index contributed by atoms with van der Waals surface area (Å²) in [4.78, 5) is 27.8. The smallest absolute Gasteiger partial charge is 0.259 e. The molecule has 3 rings (SSSR count). The summed E-state index contributed by atoms with van der Waals surface area (Å²) in [5.74, 6) is -0.674. The minimum atomic E-state index is -0.574. The van der Waals surface area contributed by atoms with Crippen LogP contribution in [-0.4, -0.2) is 30.8 Å². The number of amides is 2. The number of fused-ring (bicyclic) bond motifs is 1. The fourth-order valence-corrected chi connectivity index (χ4v) is 4.50. The van der Waals surface area contributed by atoms with Gasteiger partial charge in [-0.2, -0.15) is 0 Å². The number of thiophene rings is 1. The largest absolute Gasteiger partial charge is 0.345 e. The van der Waals surface area contributed by atoms with Crippen molar-refractivity contribution in [3.63, 3.8) is 0 Å². The molecule has 0 saturated carbocycles. The van der Waals surface area contributed by atoms with Crippen molar-refractivity contribution in [1.29, 1.82) is 0 Å². The third-order valence-corrected chi connectivity index (χ3v) is 5.65. The van der Waals surface area contributed by atoms with Crippen molar-refractivity contribution in [3.8, 4) is 0 Å². The molecule has 0 saturated heterocycles. The molecule has 2 aromatic rings. The number of carbonyl (C=O) groups is 2. The lowest BCUT2D eigenvalue weighted by Gasteiger charge is -2.19. The lowest BCUT2D eigenvalue weighted by atomic mass is 9.88. The van der Waals surface area contributed by atoms with Crippen LogP contribution in [0.25, 0.3) is 0 Å². The molecule has 0 unspecified atom stereocenters. The zero-order valence-electron chi connectivity index (χ0n) is 14.6. The molecule has 25 heavy (non-hydrogen) atoms. The van der Waals surface area contributed by atoms with E-state index in [0.29, 0.717) is 16.5 Å². The topological polar surface area (TPSA) is 49.4 Å². The van der Waals surface area contributed by atoms with Crippen molar-refractivity contribution in [1.82, 2.24) is 4.90 Å². The van der Waals surface area contributed by atoms with Crippen LogP contribution < -0.4 is 5.32 Å². The van der Waals surface area contributed by atoms with E-state index in [9.17, 15) is 14.0 Å². The Morgan fingerprint density at radius 3 is 2.68 bits per heavy atom. The summed E-state index contributed by atoms with van der Waals surface area (Å²) in [6.07, 6.45) is 2.76. The molecule has 1 aliphatic rings. The van der Waals surface area contributed by atoms with E-state index in [2.05, 4.69) is 12.2 Å². The van der Waals surface area contributed by atoms with E-state index in [1.54, 1.807) is 26.2 Å². The first-order valence-electron chi connectivity index (χ1n) is 8.30. The normalized spacial score (nSPS) is 16.2. The van der Waals surface area contributed by atoms with E-state index in [1.165, 1.54) is 28.4 Å². The van der Waals surface area contributed by atoms with E-state index in [1.807, 2.05) is 0 Å². The molecule has 132 valence electrons. The molecule has 1 atom stereocenters. The van der Waals surface area contributed by atoms with Crippen LogP contribution >= 0.6 is 11.3 Å². The zero-order valence-corrected chi connectivity index (χ0v) is 15.4. The number of carbonyl (C=O) groups excluding carboxylic acids is 2. The third-order valence-electron chi connectivity index (χ3n) is 4.48. The number of halogens is 1. The molecular weight excluding hydrogens is 339 g/mol. The molecule has 1 aromatic heterocycles. The highest BCUT2D eigenvalue weighted by molar-refractivity contribution is 7.17. The Kier molecular flexibility index (Phi) is 4.90. The monoisotopic (exact) mass is 360 g/mol. The molecule has 0 aliphatic heterocycles. The molecule has 6 heteroatoms. The van der Waals surface area contributed by atoms with Crippen LogP contribution in [0.3, 0.4) is 0 Å². The van der Waals surface area contributed by atoms with Crippen LogP contribution in [0.4, 0.5) is 9.39 Å². The molecule has 1 aliphatic carbocycles. The Bertz CT molecular complexity index is 829. The van der Waals surface area contributed by atoms with Crippen molar-refractivity contribution in [2.75, 3.05) is 19.4 Å². The molecule has 1 N–H and O–H groups in total. The van der Waals surface area contributed by atoms with E-state index < -0.39 is 11.7 Å². The van der Waals surface area contributed by atoms with Gasteiger partial charge in [0, 0.05) is 19.0 Å². The van der Waals surface area contributed by atoms with Gasteiger partial charge in [-0.3, -0.25) is 9.59 Å². The molecule has 2 amide bonds. The molecule has 0 spiro atoms. The number of hydrogen-bond donors (Lipinski definition) is 1. The second-order valence-corrected chi connectivity index (χ2v) is 7.79. The number of hydrogen-bond acceptors (Lipinski definition) is 3. The predicted octanol–water partition coefficient (Wildman–Crippen LogP) is 3.97. The quantitative estimate of drug-likeness (QED) is 0.900. The predicted molar refractivity (Wildman–Crippen MR) is 97.9 cm³/mol. The maximum atomic E-state index is 13.9. The summed E-state index contributed by atoms with van der Waals surface area (Å²) in [6.45, 7) is 2.19. The first kappa shape index (κ1) is 17.6. The molecule has 4 nitrogen and oxygen atoms in total. The zero-order chi connectivity index (χ0) is 18.1. The second-order valence-electron chi connectivity index (χ2n) is 6.69. The van der Waals surface area contributed by atoms with Gasteiger partial charge in [0.1, 0.15) is 10.8 Å². The summed E-state index contributed by atoms with van der Waals surface area (Å²) < 4.78 is 13.9. The van der Waals surface area contributed by atoms with Gasteiger partial charge in [0.15, 0.2) is 0 Å². The molecular formula is C19H21FN2O2S. The maximum Gasteiger partial charge on any atom is 0.259 e. The summed E-state index contributed by atoms with van der Waals surface area (Å²) in [5.41, 5.74) is 1.57. The summed E-state index contributed by atoms with van der Waals surface area (Å²) in [6, 6.07) is 5.85. The number of nitrogens with one attached hydrogen (secondary N) is 1. The van der Waals surface area contributed by atoms with Crippen molar-refractivity contribution >= 4 is 28.2 Å². The van der Waals surface area contributed by atoms with Gasteiger partial charge in [-0.05, 0) is 42.9 Å². The number of nitrogens with zero attached hydrogens (tertiary/aromatic N) is 1. The van der Waals surface area contributed by atoms with E-state index >= 15 is 0 Å². The van der Waals surface area contributed by atoms with E-state index in [4.69, 9.17) is 0 Å². The Morgan fingerprint density at radius 2 is 2.00 bits per heavy atom. The molecule has 0 fully saturated rings. The summed E-state index contributed by atoms with van der Waals surface area (Å²) in [7, 11) is 3.39. The van der Waals surface area contributed by atoms with Crippen molar-refractivity contribution in [2.24, 2.45) is 5.92 Å². The van der Waals surface area contributed by atoms with Crippen molar-refractivity contribution in [2.45, 2.75) is 26.2 Å². The van der Waals surface area contributed by atoms with Crippen LogP contribution in [0, 0.1) is 11.7 Å². The van der Waals surface area contributed by atoms with Crippen molar-refractivity contribution in [3.05, 3.63) is 51.7 Å². The molecule has 1 aromatic carbocycles. The average molecular weight is 360 g/mol. The lowest BCUT2D eigenvalue weighted by molar-refractivity contribution is 0.0827. The van der Waals surface area contributed by atoms with Crippen LogP contribution in [0.5, 0.6) is 0 Å². The number of rotatable bonds is 3. The van der Waals surface area contributed by atoms with Gasteiger partial charge < -0.3 is 10.2 Å². The lowest BCUT2D eigenvalue weighted by Crippen LogP contribution is -2.25. The van der Waals surface area contributed by atoms with Crippen LogP contribution in [0.15, 0.2) is 24.3 Å². The van der Waals surface area contributed by atoms with E-state index in [0.717, 1.165) is 29.7 Å². The van der Waals surface area contributed by atoms with Crippen LogP contribution in [-0.2, 0) is 12.8 Å². The van der Waals surface area contributed by atoms with Crippen LogP contribution in [0.1, 0.15) is 44.5 Å². The average Bonchev–Trinajstić information content (AvgIpc) is 2.90.